The summed E-state index contributed by atoms with van der Waals surface area (Å²) in [6.07, 6.45) is 3.54. The van der Waals surface area contributed by atoms with Gasteiger partial charge >= 0.3 is 0 Å². The van der Waals surface area contributed by atoms with Crippen LogP contribution in [0.25, 0.3) is 0 Å². The first kappa shape index (κ1) is 34.1. The zero-order valence-electron chi connectivity index (χ0n) is 27.8. The van der Waals surface area contributed by atoms with Gasteiger partial charge in [-0.2, -0.15) is 0 Å². The second-order valence-corrected chi connectivity index (χ2v) is 13.2. The van der Waals surface area contributed by atoms with E-state index in [1.807, 2.05) is 30.3 Å². The molecular formula is C38H53N5O3. The molecule has 0 radical (unpaired) electrons. The lowest BCUT2D eigenvalue weighted by molar-refractivity contribution is -0.0763. The summed E-state index contributed by atoms with van der Waals surface area (Å²) in [5, 5.41) is 14.3. The molecule has 8 nitrogen and oxygen atoms in total. The number of hydrogen-bond acceptors (Lipinski definition) is 7. The molecule has 0 bridgehead atoms. The highest BCUT2D eigenvalue weighted by atomic mass is 16.5. The summed E-state index contributed by atoms with van der Waals surface area (Å²) in [5.74, 6) is 1.24. The van der Waals surface area contributed by atoms with Crippen LogP contribution in [0.2, 0.25) is 0 Å². The number of nitrogens with zero attached hydrogens (tertiary/aromatic N) is 4. The highest BCUT2D eigenvalue weighted by Gasteiger charge is 2.31. The summed E-state index contributed by atoms with van der Waals surface area (Å²) in [6, 6.07) is 26.7. The molecule has 2 aliphatic heterocycles. The average molecular weight is 628 g/mol. The maximum absolute atomic E-state index is 12.6. The number of benzene rings is 3. The van der Waals surface area contributed by atoms with Crippen molar-refractivity contribution in [2.45, 2.75) is 45.0 Å². The Hall–Kier alpha value is -3.27. The standard InChI is InChI=1S/C38H53N5O3/c1-40(2)21-6-28-46-36-15-11-33(12-16-36)29-41-22-18-35(19-23-41)38(45)43-26-24-42(25-27-43)30-32-9-13-34(14-10-32)37(44)39-20-17-31-7-4-3-5-8-31/h3-5,7-16,35,38,45H,6,17-30H2,1-2H3,(H,39,44). The van der Waals surface area contributed by atoms with Gasteiger partial charge in [-0.05, 0) is 93.8 Å². The lowest BCUT2D eigenvalue weighted by Gasteiger charge is -2.42. The van der Waals surface area contributed by atoms with Crippen LogP contribution in [0.5, 0.6) is 5.75 Å². The van der Waals surface area contributed by atoms with Gasteiger partial charge < -0.3 is 20.1 Å². The number of hydrogen-bond donors (Lipinski definition) is 2. The zero-order chi connectivity index (χ0) is 32.1. The second kappa shape index (κ2) is 17.6. The van der Waals surface area contributed by atoms with Gasteiger partial charge in [0.2, 0.25) is 0 Å². The molecule has 2 aliphatic rings. The maximum Gasteiger partial charge on any atom is 0.251 e. The zero-order valence-corrected chi connectivity index (χ0v) is 27.8. The van der Waals surface area contributed by atoms with E-state index in [-0.39, 0.29) is 12.1 Å². The molecule has 46 heavy (non-hydrogen) atoms. The Kier molecular flexibility index (Phi) is 13.0. The van der Waals surface area contributed by atoms with Crippen LogP contribution in [-0.2, 0) is 19.5 Å². The van der Waals surface area contributed by atoms with Gasteiger partial charge in [-0.25, -0.2) is 0 Å². The van der Waals surface area contributed by atoms with Crippen LogP contribution in [-0.4, -0.2) is 110 Å². The summed E-state index contributed by atoms with van der Waals surface area (Å²) in [7, 11) is 4.17. The Balaban J connectivity index is 0.966. The van der Waals surface area contributed by atoms with Gasteiger partial charge in [-0.15, -0.1) is 0 Å². The van der Waals surface area contributed by atoms with E-state index in [4.69, 9.17) is 4.74 Å². The molecule has 1 amide bonds. The lowest BCUT2D eigenvalue weighted by Crippen LogP contribution is -2.53. The van der Waals surface area contributed by atoms with Crippen molar-refractivity contribution in [3.05, 3.63) is 101 Å². The molecule has 0 aromatic heterocycles. The van der Waals surface area contributed by atoms with Crippen LogP contribution in [0.1, 0.15) is 46.3 Å². The number of carbonyl (C=O) groups is 1. The molecule has 0 saturated carbocycles. The number of piperazine rings is 1. The van der Waals surface area contributed by atoms with Gasteiger partial charge in [0.25, 0.3) is 5.91 Å². The van der Waals surface area contributed by atoms with Crippen molar-refractivity contribution in [1.29, 1.82) is 0 Å². The monoisotopic (exact) mass is 627 g/mol. The predicted octanol–water partition coefficient (Wildman–Crippen LogP) is 4.34. The molecule has 2 heterocycles. The molecule has 1 unspecified atom stereocenters. The predicted molar refractivity (Wildman–Crippen MR) is 185 cm³/mol. The van der Waals surface area contributed by atoms with E-state index in [9.17, 15) is 9.90 Å². The minimum Gasteiger partial charge on any atom is -0.494 e. The molecule has 2 N–H and O–H groups in total. The third kappa shape index (κ3) is 10.6. The molecule has 5 rings (SSSR count). The van der Waals surface area contributed by atoms with Crippen LogP contribution in [0.15, 0.2) is 78.9 Å². The number of aliphatic hydroxyl groups excluding tert-OH is 1. The van der Waals surface area contributed by atoms with E-state index >= 15 is 0 Å². The van der Waals surface area contributed by atoms with E-state index in [2.05, 4.69) is 87.5 Å². The summed E-state index contributed by atoms with van der Waals surface area (Å²) in [6.45, 7) is 9.89. The normalized spacial score (nSPS) is 17.7. The van der Waals surface area contributed by atoms with Gasteiger partial charge in [0.1, 0.15) is 12.0 Å². The van der Waals surface area contributed by atoms with Crippen LogP contribution < -0.4 is 10.1 Å². The van der Waals surface area contributed by atoms with E-state index in [0.29, 0.717) is 18.0 Å². The molecule has 0 aliphatic carbocycles. The fourth-order valence-electron chi connectivity index (χ4n) is 6.50. The van der Waals surface area contributed by atoms with E-state index in [1.165, 1.54) is 16.7 Å². The first-order chi connectivity index (χ1) is 22.4. The highest BCUT2D eigenvalue weighted by molar-refractivity contribution is 5.94. The number of nitrogens with one attached hydrogen (secondary N) is 1. The number of piperidine rings is 1. The molecule has 248 valence electrons. The van der Waals surface area contributed by atoms with Crippen molar-refractivity contribution >= 4 is 5.91 Å². The largest absolute Gasteiger partial charge is 0.494 e. The van der Waals surface area contributed by atoms with Crippen LogP contribution >= 0.6 is 0 Å². The van der Waals surface area contributed by atoms with Crippen LogP contribution in [0.4, 0.5) is 0 Å². The van der Waals surface area contributed by atoms with Crippen molar-refractivity contribution in [3.63, 3.8) is 0 Å². The molecule has 2 fully saturated rings. The molecule has 3 aromatic rings. The minimum atomic E-state index is -0.368. The topological polar surface area (TPSA) is 71.5 Å². The minimum absolute atomic E-state index is 0.0261. The Bertz CT molecular complexity index is 1300. The Morgan fingerprint density at radius 1 is 0.826 bits per heavy atom. The highest BCUT2D eigenvalue weighted by Crippen LogP contribution is 2.25. The number of ether oxygens (including phenoxy) is 1. The SMILES string of the molecule is CN(C)CCCOc1ccc(CN2CCC(C(O)N3CCN(Cc4ccc(C(=O)NCCc5ccccc5)cc4)CC3)CC2)cc1. The van der Waals surface area contributed by atoms with Crippen molar-refractivity contribution in [2.75, 3.05) is 73.1 Å². The van der Waals surface area contributed by atoms with Crippen molar-refractivity contribution in [3.8, 4) is 5.75 Å². The molecule has 1 atom stereocenters. The maximum atomic E-state index is 12.6. The second-order valence-electron chi connectivity index (χ2n) is 13.2. The van der Waals surface area contributed by atoms with E-state index < -0.39 is 0 Å². The number of aliphatic hydroxyl groups is 1. The van der Waals surface area contributed by atoms with Gasteiger partial charge in [0.05, 0.1) is 6.61 Å². The van der Waals surface area contributed by atoms with Gasteiger partial charge in [-0.1, -0.05) is 54.6 Å². The first-order valence-electron chi connectivity index (χ1n) is 17.1. The van der Waals surface area contributed by atoms with Gasteiger partial charge in [-0.3, -0.25) is 19.5 Å². The quantitative estimate of drug-likeness (QED) is 0.243. The van der Waals surface area contributed by atoms with Gasteiger partial charge in [0, 0.05) is 63.8 Å². The van der Waals surface area contributed by atoms with Crippen LogP contribution in [0.3, 0.4) is 0 Å². The Labute approximate surface area is 275 Å². The number of amides is 1. The molecule has 2 saturated heterocycles. The number of carbonyl (C=O) groups excluding carboxylic acids is 1. The molecule has 3 aromatic carbocycles. The van der Waals surface area contributed by atoms with Gasteiger partial charge in [0.15, 0.2) is 0 Å². The summed E-state index contributed by atoms with van der Waals surface area (Å²) < 4.78 is 5.88. The van der Waals surface area contributed by atoms with E-state index in [1.54, 1.807) is 0 Å². The smallest absolute Gasteiger partial charge is 0.251 e. The van der Waals surface area contributed by atoms with E-state index in [0.717, 1.165) is 96.9 Å². The summed E-state index contributed by atoms with van der Waals surface area (Å²) in [4.78, 5) is 22.0. The lowest BCUT2D eigenvalue weighted by atomic mass is 9.93. The third-order valence-electron chi connectivity index (χ3n) is 9.35. The third-order valence-corrected chi connectivity index (χ3v) is 9.35. The molecule has 8 heteroatoms. The fraction of sp³-hybridized carbons (Fsp3) is 0.500. The molecular weight excluding hydrogens is 574 g/mol. The van der Waals surface area contributed by atoms with Crippen molar-refractivity contribution < 1.29 is 14.6 Å². The Morgan fingerprint density at radius 3 is 2.07 bits per heavy atom. The number of rotatable bonds is 15. The van der Waals surface area contributed by atoms with Crippen molar-refractivity contribution in [1.82, 2.24) is 24.9 Å². The van der Waals surface area contributed by atoms with Crippen molar-refractivity contribution in [2.24, 2.45) is 5.92 Å². The fourth-order valence-corrected chi connectivity index (χ4v) is 6.50. The Morgan fingerprint density at radius 2 is 1.43 bits per heavy atom. The summed E-state index contributed by atoms with van der Waals surface area (Å²) in [5.41, 5.74) is 4.45. The van der Waals surface area contributed by atoms with Crippen LogP contribution in [0, 0.1) is 5.92 Å². The number of likely N-dealkylation sites (tertiary alicyclic amines) is 1. The first-order valence-corrected chi connectivity index (χ1v) is 17.1. The molecule has 0 spiro atoms. The summed E-state index contributed by atoms with van der Waals surface area (Å²) >= 11 is 0. The average Bonchev–Trinajstić information content (AvgIpc) is 3.08.